The molecule has 0 bridgehead atoms. The summed E-state index contributed by atoms with van der Waals surface area (Å²) in [7, 11) is 0. The van der Waals surface area contributed by atoms with Crippen LogP contribution in [0.3, 0.4) is 0 Å². The molecular formula is C19H32O3. The van der Waals surface area contributed by atoms with E-state index in [1.807, 2.05) is 0 Å². The Bertz CT molecular complexity index is 452. The van der Waals surface area contributed by atoms with Crippen molar-refractivity contribution in [2.24, 2.45) is 34.5 Å². The molecule has 0 aliphatic heterocycles. The van der Waals surface area contributed by atoms with Gasteiger partial charge in [0.2, 0.25) is 0 Å². The van der Waals surface area contributed by atoms with E-state index in [0.717, 1.165) is 38.0 Å². The molecule has 0 aromatic heterocycles. The molecule has 0 aromatic rings. The van der Waals surface area contributed by atoms with Crippen LogP contribution in [0, 0.1) is 34.5 Å². The second kappa shape index (κ2) is 4.94. The van der Waals surface area contributed by atoms with Crippen LogP contribution < -0.4 is 0 Å². The van der Waals surface area contributed by atoms with Crippen molar-refractivity contribution < 1.29 is 15.3 Å². The number of hydrogen-bond acceptors (Lipinski definition) is 3. The molecule has 0 aromatic carbocycles. The largest absolute Gasteiger partial charge is 0.393 e. The highest BCUT2D eigenvalue weighted by Crippen LogP contribution is 2.66. The maximum Gasteiger partial charge on any atom is 0.0855 e. The van der Waals surface area contributed by atoms with Crippen molar-refractivity contribution in [2.75, 3.05) is 0 Å². The minimum absolute atomic E-state index is 0.0715. The van der Waals surface area contributed by atoms with E-state index in [1.165, 1.54) is 19.3 Å². The van der Waals surface area contributed by atoms with Crippen LogP contribution in [0.2, 0.25) is 0 Å². The fourth-order valence-corrected chi connectivity index (χ4v) is 7.22. The van der Waals surface area contributed by atoms with E-state index in [9.17, 15) is 15.3 Å². The van der Waals surface area contributed by atoms with Crippen LogP contribution in [0.5, 0.6) is 0 Å². The number of rotatable bonds is 0. The third-order valence-electron chi connectivity index (χ3n) is 8.61. The first-order valence-corrected chi connectivity index (χ1v) is 9.40. The molecule has 4 aliphatic carbocycles. The van der Waals surface area contributed by atoms with Gasteiger partial charge in [-0.25, -0.2) is 0 Å². The lowest BCUT2D eigenvalue weighted by molar-refractivity contribution is -0.135. The van der Waals surface area contributed by atoms with Crippen LogP contribution in [0.4, 0.5) is 0 Å². The fourth-order valence-electron chi connectivity index (χ4n) is 7.22. The zero-order valence-corrected chi connectivity index (χ0v) is 14.0. The number of fused-ring (bicyclic) bond motifs is 5. The van der Waals surface area contributed by atoms with Gasteiger partial charge in [0.25, 0.3) is 0 Å². The zero-order chi connectivity index (χ0) is 15.7. The van der Waals surface area contributed by atoms with Gasteiger partial charge in [-0.3, -0.25) is 0 Å². The quantitative estimate of drug-likeness (QED) is 0.645. The predicted octanol–water partition coefficient (Wildman–Crippen LogP) is 2.72. The minimum Gasteiger partial charge on any atom is -0.393 e. The molecule has 22 heavy (non-hydrogen) atoms. The molecule has 9 atom stereocenters. The Kier molecular flexibility index (Phi) is 3.46. The molecule has 0 heterocycles. The summed E-state index contributed by atoms with van der Waals surface area (Å²) >= 11 is 0. The van der Waals surface area contributed by atoms with Crippen molar-refractivity contribution in [2.45, 2.75) is 83.5 Å². The van der Waals surface area contributed by atoms with Gasteiger partial charge >= 0.3 is 0 Å². The van der Waals surface area contributed by atoms with Gasteiger partial charge in [0.05, 0.1) is 18.3 Å². The summed E-state index contributed by atoms with van der Waals surface area (Å²) in [5.74, 6) is 2.57. The van der Waals surface area contributed by atoms with E-state index < -0.39 is 12.2 Å². The molecule has 4 aliphatic rings. The van der Waals surface area contributed by atoms with Crippen LogP contribution in [0.1, 0.15) is 65.2 Å². The van der Waals surface area contributed by atoms with E-state index in [4.69, 9.17) is 0 Å². The highest BCUT2D eigenvalue weighted by molar-refractivity contribution is 5.11. The van der Waals surface area contributed by atoms with Crippen LogP contribution >= 0.6 is 0 Å². The van der Waals surface area contributed by atoms with Crippen molar-refractivity contribution in [3.8, 4) is 0 Å². The van der Waals surface area contributed by atoms with Crippen LogP contribution in [-0.4, -0.2) is 33.6 Å². The van der Waals surface area contributed by atoms with E-state index in [-0.39, 0.29) is 11.5 Å². The monoisotopic (exact) mass is 308 g/mol. The van der Waals surface area contributed by atoms with Gasteiger partial charge in [0.1, 0.15) is 0 Å². The van der Waals surface area contributed by atoms with Gasteiger partial charge in [-0.1, -0.05) is 13.8 Å². The maximum atomic E-state index is 10.5. The summed E-state index contributed by atoms with van der Waals surface area (Å²) in [6, 6.07) is 0. The SMILES string of the molecule is C[C@]12CCC3C(CC[C@H]4C[C@H](O)CC[C@]34C)C1C[C@@H](O)[C@@H]2O. The predicted molar refractivity (Wildman–Crippen MR) is 85.1 cm³/mol. The molecule has 4 fully saturated rings. The van der Waals surface area contributed by atoms with Gasteiger partial charge < -0.3 is 15.3 Å². The molecule has 3 nitrogen and oxygen atoms in total. The molecule has 3 N–H and O–H groups in total. The first-order valence-electron chi connectivity index (χ1n) is 9.40. The Hall–Kier alpha value is -0.120. The number of aliphatic hydroxyl groups is 3. The molecule has 4 rings (SSSR count). The molecule has 0 saturated heterocycles. The van der Waals surface area contributed by atoms with Crippen molar-refractivity contribution in [1.29, 1.82) is 0 Å². The topological polar surface area (TPSA) is 60.7 Å². The zero-order valence-electron chi connectivity index (χ0n) is 14.0. The molecule has 0 radical (unpaired) electrons. The highest BCUT2D eigenvalue weighted by Gasteiger charge is 2.61. The van der Waals surface area contributed by atoms with Gasteiger partial charge in [-0.05, 0) is 85.9 Å². The summed E-state index contributed by atoms with van der Waals surface area (Å²) in [5, 5.41) is 30.8. The standard InChI is InChI=1S/C19H32O3/c1-18-7-5-12(20)9-11(18)3-4-13-14(18)6-8-19(2)15(13)10-16(21)17(19)22/h11-17,20-22H,3-10H2,1-2H3/t11-,12+,13?,14?,15?,16+,17-,18-,19-/m0/s1. The average molecular weight is 308 g/mol. The summed E-state index contributed by atoms with van der Waals surface area (Å²) in [6.45, 7) is 4.69. The van der Waals surface area contributed by atoms with E-state index in [1.54, 1.807) is 0 Å². The first-order chi connectivity index (χ1) is 10.4. The molecule has 3 heteroatoms. The molecule has 0 spiro atoms. The van der Waals surface area contributed by atoms with Gasteiger partial charge in [0.15, 0.2) is 0 Å². The van der Waals surface area contributed by atoms with E-state index >= 15 is 0 Å². The lowest BCUT2D eigenvalue weighted by Gasteiger charge is -2.60. The maximum absolute atomic E-state index is 10.5. The fraction of sp³-hybridized carbons (Fsp3) is 1.00. The lowest BCUT2D eigenvalue weighted by atomic mass is 9.45. The molecule has 126 valence electrons. The van der Waals surface area contributed by atoms with Gasteiger partial charge in [-0.15, -0.1) is 0 Å². The summed E-state index contributed by atoms with van der Waals surface area (Å²) in [6.07, 6.45) is 7.49. The third kappa shape index (κ3) is 1.91. The van der Waals surface area contributed by atoms with Crippen molar-refractivity contribution in [1.82, 2.24) is 0 Å². The normalized spacial score (nSPS) is 61.2. The molecule has 0 amide bonds. The van der Waals surface area contributed by atoms with Gasteiger partial charge in [-0.2, -0.15) is 0 Å². The Morgan fingerprint density at radius 1 is 0.773 bits per heavy atom. The van der Waals surface area contributed by atoms with E-state index in [2.05, 4.69) is 13.8 Å². The summed E-state index contributed by atoms with van der Waals surface area (Å²) in [5.41, 5.74) is 0.305. The van der Waals surface area contributed by atoms with Crippen LogP contribution in [0.25, 0.3) is 0 Å². The smallest absolute Gasteiger partial charge is 0.0855 e. The van der Waals surface area contributed by atoms with E-state index in [0.29, 0.717) is 23.2 Å². The second-order valence-electron chi connectivity index (χ2n) is 9.38. The molecular weight excluding hydrogens is 276 g/mol. The van der Waals surface area contributed by atoms with Crippen molar-refractivity contribution >= 4 is 0 Å². The number of aliphatic hydroxyl groups excluding tert-OH is 3. The Morgan fingerprint density at radius 3 is 2.27 bits per heavy atom. The lowest BCUT2D eigenvalue weighted by Crippen LogP contribution is -2.54. The van der Waals surface area contributed by atoms with Crippen LogP contribution in [-0.2, 0) is 0 Å². The molecule has 4 saturated carbocycles. The Balaban J connectivity index is 1.63. The van der Waals surface area contributed by atoms with Gasteiger partial charge in [0, 0.05) is 0 Å². The number of hydrogen-bond donors (Lipinski definition) is 3. The highest BCUT2D eigenvalue weighted by atomic mass is 16.3. The summed E-state index contributed by atoms with van der Waals surface area (Å²) < 4.78 is 0. The average Bonchev–Trinajstić information content (AvgIpc) is 2.72. The van der Waals surface area contributed by atoms with Crippen molar-refractivity contribution in [3.63, 3.8) is 0 Å². The summed E-state index contributed by atoms with van der Waals surface area (Å²) in [4.78, 5) is 0. The van der Waals surface area contributed by atoms with Crippen LogP contribution in [0.15, 0.2) is 0 Å². The first kappa shape index (κ1) is 15.4. The second-order valence-corrected chi connectivity index (χ2v) is 9.38. The molecule has 3 unspecified atom stereocenters. The Labute approximate surface area is 134 Å². The third-order valence-corrected chi connectivity index (χ3v) is 8.61. The minimum atomic E-state index is -0.530. The van der Waals surface area contributed by atoms with Crippen molar-refractivity contribution in [3.05, 3.63) is 0 Å². The Morgan fingerprint density at radius 2 is 1.50 bits per heavy atom.